The summed E-state index contributed by atoms with van der Waals surface area (Å²) in [5, 5.41) is 4.20. The lowest BCUT2D eigenvalue weighted by Crippen LogP contribution is -3.14. The molecule has 2 aromatic rings. The molecule has 1 spiro atoms. The summed E-state index contributed by atoms with van der Waals surface area (Å²) in [5.41, 5.74) is 0.396. The first kappa shape index (κ1) is 19.0. The lowest BCUT2D eigenvalue weighted by atomic mass is 9.77. The van der Waals surface area contributed by atoms with Crippen LogP contribution in [0.1, 0.15) is 62.9 Å². The van der Waals surface area contributed by atoms with Crippen molar-refractivity contribution in [2.45, 2.75) is 63.5 Å². The van der Waals surface area contributed by atoms with Gasteiger partial charge in [-0.2, -0.15) is 0 Å². The second-order valence-electron chi connectivity index (χ2n) is 9.06. The molecule has 1 aromatic heterocycles. The number of urea groups is 1. The smallest absolute Gasteiger partial charge is 0.323 e. The third kappa shape index (κ3) is 3.34. The van der Waals surface area contributed by atoms with Crippen molar-refractivity contribution in [1.82, 2.24) is 15.2 Å². The Hall–Kier alpha value is -1.99. The molecular weight excluding hydrogens is 384 g/mol. The molecule has 1 aliphatic carbocycles. The molecule has 0 radical (unpaired) electrons. The molecule has 29 heavy (non-hydrogen) atoms. The molecular formula is C22H29N4O2S+. The summed E-state index contributed by atoms with van der Waals surface area (Å²) >= 11 is 1.75. The number of benzene rings is 1. The lowest BCUT2D eigenvalue weighted by molar-refractivity contribution is -0.943. The predicted octanol–water partition coefficient (Wildman–Crippen LogP) is 2.86. The van der Waals surface area contributed by atoms with Gasteiger partial charge in [0.15, 0.2) is 11.7 Å². The molecule has 154 valence electrons. The number of carbonyl (C=O) groups is 2. The molecule has 3 fully saturated rings. The second-order valence-corrected chi connectivity index (χ2v) is 10.1. The van der Waals surface area contributed by atoms with Crippen molar-refractivity contribution in [2.75, 3.05) is 13.2 Å². The van der Waals surface area contributed by atoms with E-state index in [1.165, 1.54) is 20.9 Å². The topological polar surface area (TPSA) is 66.7 Å². The van der Waals surface area contributed by atoms with Crippen LogP contribution in [0.25, 0.3) is 10.2 Å². The van der Waals surface area contributed by atoms with Crippen LogP contribution in [0.4, 0.5) is 4.79 Å². The van der Waals surface area contributed by atoms with E-state index in [1.54, 1.807) is 11.3 Å². The van der Waals surface area contributed by atoms with E-state index >= 15 is 0 Å². The summed E-state index contributed by atoms with van der Waals surface area (Å²) in [6.07, 6.45) is 6.91. The molecule has 1 unspecified atom stereocenters. The number of para-hydroxylation sites is 1. The Labute approximate surface area is 175 Å². The molecule has 3 amide bonds. The van der Waals surface area contributed by atoms with Crippen LogP contribution in [0.2, 0.25) is 0 Å². The van der Waals surface area contributed by atoms with Crippen molar-refractivity contribution in [3.8, 4) is 0 Å². The largest absolute Gasteiger partial charge is 0.329 e. The third-order valence-electron chi connectivity index (χ3n) is 7.08. The molecule has 5 rings (SSSR count). The number of imide groups is 1. The Morgan fingerprint density at radius 2 is 2.00 bits per heavy atom. The number of hydrogen-bond acceptors (Lipinski definition) is 4. The Kier molecular flexibility index (Phi) is 4.82. The monoisotopic (exact) mass is 413 g/mol. The minimum absolute atomic E-state index is 0.00415. The zero-order chi connectivity index (χ0) is 20.0. The second kappa shape index (κ2) is 7.36. The molecule has 3 heterocycles. The Morgan fingerprint density at radius 1 is 1.21 bits per heavy atom. The van der Waals surface area contributed by atoms with Crippen LogP contribution < -0.4 is 10.2 Å². The van der Waals surface area contributed by atoms with Gasteiger partial charge in [-0.1, -0.05) is 19.1 Å². The molecule has 1 saturated carbocycles. The SMILES string of the molecule is CC1CCC2(CC1)NC(=O)N(C[NH+]1CCCC[C@@H]1c1nc3ccccc3s1)C2=O. The molecule has 7 heteroatoms. The van der Waals surface area contributed by atoms with Crippen molar-refractivity contribution >= 4 is 33.5 Å². The summed E-state index contributed by atoms with van der Waals surface area (Å²) in [7, 11) is 0. The summed E-state index contributed by atoms with van der Waals surface area (Å²) in [5.74, 6) is 0.631. The van der Waals surface area contributed by atoms with Crippen molar-refractivity contribution in [3.63, 3.8) is 0 Å². The number of amides is 3. The van der Waals surface area contributed by atoms with Crippen molar-refractivity contribution < 1.29 is 14.5 Å². The van der Waals surface area contributed by atoms with Crippen molar-refractivity contribution in [3.05, 3.63) is 29.3 Å². The van der Waals surface area contributed by atoms with E-state index in [0.29, 0.717) is 12.6 Å². The Bertz CT molecular complexity index is 901. The van der Waals surface area contributed by atoms with E-state index in [0.717, 1.165) is 55.6 Å². The van der Waals surface area contributed by atoms with Gasteiger partial charge in [-0.3, -0.25) is 4.79 Å². The van der Waals surface area contributed by atoms with Gasteiger partial charge in [0, 0.05) is 6.42 Å². The number of aromatic nitrogens is 1. The van der Waals surface area contributed by atoms with Crippen LogP contribution in [-0.2, 0) is 4.79 Å². The normalized spacial score (nSPS) is 32.9. The number of rotatable bonds is 3. The fourth-order valence-electron chi connectivity index (χ4n) is 5.22. The van der Waals surface area contributed by atoms with Gasteiger partial charge in [-0.25, -0.2) is 14.7 Å². The predicted molar refractivity (Wildman–Crippen MR) is 113 cm³/mol. The standard InChI is InChI=1S/C22H28N4O2S/c1-15-9-11-22(12-10-15)20(27)26(21(28)24-22)14-25-13-5-4-7-17(25)19-23-16-6-2-3-8-18(16)29-19/h2-3,6,8,15,17H,4-5,7,9-14H2,1H3,(H,24,28)/p+1/t15?,17-,22?/m1/s1. The van der Waals surface area contributed by atoms with Gasteiger partial charge in [-0.15, -0.1) is 11.3 Å². The maximum Gasteiger partial charge on any atom is 0.329 e. The van der Waals surface area contributed by atoms with Gasteiger partial charge in [-0.05, 0) is 56.6 Å². The number of fused-ring (bicyclic) bond motifs is 1. The summed E-state index contributed by atoms with van der Waals surface area (Å²) in [4.78, 5) is 33.7. The summed E-state index contributed by atoms with van der Waals surface area (Å²) < 4.78 is 1.21. The van der Waals surface area contributed by atoms with Crippen molar-refractivity contribution in [2.24, 2.45) is 5.92 Å². The number of quaternary nitrogens is 1. The van der Waals surface area contributed by atoms with Gasteiger partial charge >= 0.3 is 6.03 Å². The highest BCUT2D eigenvalue weighted by Gasteiger charge is 2.53. The van der Waals surface area contributed by atoms with Crippen LogP contribution in [0.3, 0.4) is 0 Å². The van der Waals surface area contributed by atoms with Gasteiger partial charge in [0.05, 0.1) is 16.8 Å². The zero-order valence-electron chi connectivity index (χ0n) is 16.9. The van der Waals surface area contributed by atoms with E-state index < -0.39 is 5.54 Å². The molecule has 0 bridgehead atoms. The van der Waals surface area contributed by atoms with Crippen LogP contribution >= 0.6 is 11.3 Å². The number of carbonyl (C=O) groups excluding carboxylic acids is 2. The van der Waals surface area contributed by atoms with Crippen LogP contribution in [0.15, 0.2) is 24.3 Å². The Morgan fingerprint density at radius 3 is 2.79 bits per heavy atom. The fraction of sp³-hybridized carbons (Fsp3) is 0.591. The summed E-state index contributed by atoms with van der Waals surface area (Å²) in [6.45, 7) is 3.65. The molecule has 2 saturated heterocycles. The molecule has 6 nitrogen and oxygen atoms in total. The minimum atomic E-state index is -0.649. The number of thiazole rings is 1. The highest BCUT2D eigenvalue weighted by atomic mass is 32.1. The average molecular weight is 414 g/mol. The zero-order valence-corrected chi connectivity index (χ0v) is 17.8. The number of nitrogens with one attached hydrogen (secondary N) is 2. The van der Waals surface area contributed by atoms with Crippen LogP contribution in [-0.4, -0.2) is 40.6 Å². The first-order valence-electron chi connectivity index (χ1n) is 10.9. The minimum Gasteiger partial charge on any atom is -0.323 e. The van der Waals surface area contributed by atoms with Crippen LogP contribution in [0.5, 0.6) is 0 Å². The van der Waals surface area contributed by atoms with E-state index in [4.69, 9.17) is 4.98 Å². The van der Waals surface area contributed by atoms with Gasteiger partial charge < -0.3 is 10.2 Å². The van der Waals surface area contributed by atoms with E-state index in [-0.39, 0.29) is 18.0 Å². The van der Waals surface area contributed by atoms with E-state index in [2.05, 4.69) is 24.4 Å². The number of piperidine rings is 1. The number of nitrogens with zero attached hydrogens (tertiary/aromatic N) is 2. The molecule has 1 aromatic carbocycles. The maximum atomic E-state index is 13.3. The Balaban J connectivity index is 1.36. The van der Waals surface area contributed by atoms with E-state index in [9.17, 15) is 9.59 Å². The maximum absolute atomic E-state index is 13.3. The number of hydrogen-bond donors (Lipinski definition) is 2. The highest BCUT2D eigenvalue weighted by Crippen LogP contribution is 2.36. The molecule has 3 aliphatic rings. The first-order chi connectivity index (χ1) is 14.1. The summed E-state index contributed by atoms with van der Waals surface area (Å²) in [6, 6.07) is 8.30. The van der Waals surface area contributed by atoms with Gasteiger partial charge in [0.25, 0.3) is 5.91 Å². The molecule has 2 N–H and O–H groups in total. The van der Waals surface area contributed by atoms with E-state index in [1.807, 2.05) is 12.1 Å². The quantitative estimate of drug-likeness (QED) is 0.761. The average Bonchev–Trinajstić information content (AvgIpc) is 3.26. The third-order valence-corrected chi connectivity index (χ3v) is 8.23. The highest BCUT2D eigenvalue weighted by molar-refractivity contribution is 7.18. The fourth-order valence-corrected chi connectivity index (χ4v) is 6.38. The lowest BCUT2D eigenvalue weighted by Gasteiger charge is -2.35. The van der Waals surface area contributed by atoms with Crippen molar-refractivity contribution in [1.29, 1.82) is 0 Å². The molecule has 2 aliphatic heterocycles. The van der Waals surface area contributed by atoms with Crippen LogP contribution in [0, 0.1) is 5.92 Å². The number of likely N-dealkylation sites (tertiary alicyclic amines) is 1. The van der Waals surface area contributed by atoms with Gasteiger partial charge in [0.2, 0.25) is 0 Å². The molecule has 2 atom stereocenters. The first-order valence-corrected chi connectivity index (χ1v) is 11.7. The van der Waals surface area contributed by atoms with Gasteiger partial charge in [0.1, 0.15) is 11.6 Å².